The highest BCUT2D eigenvalue weighted by molar-refractivity contribution is 6.08. The summed E-state index contributed by atoms with van der Waals surface area (Å²) >= 11 is 0. The zero-order chi connectivity index (χ0) is 17.1. The van der Waals surface area contributed by atoms with Gasteiger partial charge in [-0.2, -0.15) is 5.10 Å². The van der Waals surface area contributed by atoms with E-state index in [-0.39, 0.29) is 23.0 Å². The molecule has 122 valence electrons. The quantitative estimate of drug-likeness (QED) is 0.678. The lowest BCUT2D eigenvalue weighted by molar-refractivity contribution is 0.104. The number of nitrogens with zero attached hydrogens (tertiary/aromatic N) is 2. The maximum atomic E-state index is 12.4. The molecule has 0 spiro atoms. The van der Waals surface area contributed by atoms with Crippen molar-refractivity contribution in [2.75, 3.05) is 14.2 Å². The van der Waals surface area contributed by atoms with Gasteiger partial charge in [0.2, 0.25) is 5.75 Å². The molecule has 1 aromatic carbocycles. The van der Waals surface area contributed by atoms with Gasteiger partial charge in [0.25, 0.3) is 0 Å². The number of hydrogen-bond donors (Lipinski definition) is 1. The number of phenolic OH excluding ortho intramolecular Hbond substituents is 1. The topological polar surface area (TPSA) is 73.6 Å². The minimum atomic E-state index is -0.126. The second-order valence-corrected chi connectivity index (χ2v) is 5.14. The zero-order valence-electron chi connectivity index (χ0n) is 13.9. The van der Waals surface area contributed by atoms with Gasteiger partial charge in [0.1, 0.15) is 0 Å². The Morgan fingerprint density at radius 1 is 1.22 bits per heavy atom. The number of phenols is 1. The first-order chi connectivity index (χ1) is 10.9. The molecule has 0 aliphatic heterocycles. The number of ketones is 1. The van der Waals surface area contributed by atoms with E-state index in [0.29, 0.717) is 16.8 Å². The first-order valence-corrected chi connectivity index (χ1v) is 7.06. The van der Waals surface area contributed by atoms with E-state index in [2.05, 4.69) is 5.10 Å². The number of aryl methyl sites for hydroxylation is 2. The second-order valence-electron chi connectivity index (χ2n) is 5.14. The highest BCUT2D eigenvalue weighted by atomic mass is 16.5. The number of rotatable bonds is 5. The number of aromatic hydroxyl groups is 1. The van der Waals surface area contributed by atoms with Gasteiger partial charge < -0.3 is 14.6 Å². The molecule has 2 rings (SSSR count). The summed E-state index contributed by atoms with van der Waals surface area (Å²) in [6.45, 7) is 3.66. The summed E-state index contributed by atoms with van der Waals surface area (Å²) in [5.41, 5.74) is 2.80. The predicted octanol–water partition coefficient (Wildman–Crippen LogP) is 2.66. The van der Waals surface area contributed by atoms with Crippen molar-refractivity contribution >= 4 is 11.9 Å². The molecule has 6 nitrogen and oxygen atoms in total. The maximum absolute atomic E-state index is 12.4. The Morgan fingerprint density at radius 3 is 2.22 bits per heavy atom. The average Bonchev–Trinajstić information content (AvgIpc) is 2.78. The fourth-order valence-electron chi connectivity index (χ4n) is 2.40. The Kier molecular flexibility index (Phi) is 4.74. The summed E-state index contributed by atoms with van der Waals surface area (Å²) in [7, 11) is 4.71. The first kappa shape index (κ1) is 16.6. The molecule has 23 heavy (non-hydrogen) atoms. The predicted molar refractivity (Wildman–Crippen MR) is 87.3 cm³/mol. The summed E-state index contributed by atoms with van der Waals surface area (Å²) in [6, 6.07) is 3.26. The van der Waals surface area contributed by atoms with Gasteiger partial charge in [-0.1, -0.05) is 6.08 Å². The van der Waals surface area contributed by atoms with E-state index in [1.54, 1.807) is 36.9 Å². The van der Waals surface area contributed by atoms with Crippen LogP contribution in [0.3, 0.4) is 0 Å². The highest BCUT2D eigenvalue weighted by Crippen LogP contribution is 2.37. The molecule has 0 saturated carbocycles. The smallest absolute Gasteiger partial charge is 0.200 e. The molecule has 1 aromatic heterocycles. The van der Waals surface area contributed by atoms with E-state index >= 15 is 0 Å². The summed E-state index contributed by atoms with van der Waals surface area (Å²) in [4.78, 5) is 12.4. The van der Waals surface area contributed by atoms with Crippen LogP contribution in [-0.4, -0.2) is 34.9 Å². The van der Waals surface area contributed by atoms with Crippen molar-refractivity contribution in [2.45, 2.75) is 13.8 Å². The number of carbonyl (C=O) groups excluding carboxylic acids is 1. The Morgan fingerprint density at radius 2 is 1.78 bits per heavy atom. The standard InChI is InChI=1S/C17H20N2O4/c1-10-16(11(2)19(3)18-10)13(20)7-6-12-8-14(22-4)17(21)15(9-12)23-5/h6-9,21H,1-5H3. The van der Waals surface area contributed by atoms with Crippen LogP contribution in [0.1, 0.15) is 27.3 Å². The SMILES string of the molecule is COc1cc(C=CC(=O)c2c(C)nn(C)c2C)cc(OC)c1O. The number of methoxy groups -OCH3 is 2. The van der Waals surface area contributed by atoms with Crippen molar-refractivity contribution in [3.05, 3.63) is 40.7 Å². The van der Waals surface area contributed by atoms with E-state index < -0.39 is 0 Å². The minimum Gasteiger partial charge on any atom is -0.502 e. The number of hydrogen-bond acceptors (Lipinski definition) is 5. The van der Waals surface area contributed by atoms with Crippen LogP contribution in [-0.2, 0) is 7.05 Å². The molecule has 6 heteroatoms. The summed E-state index contributed by atoms with van der Waals surface area (Å²) < 4.78 is 11.9. The van der Waals surface area contributed by atoms with Gasteiger partial charge in [-0.15, -0.1) is 0 Å². The molecule has 0 radical (unpaired) electrons. The van der Waals surface area contributed by atoms with Gasteiger partial charge in [-0.05, 0) is 37.6 Å². The molecule has 0 amide bonds. The largest absolute Gasteiger partial charge is 0.502 e. The van der Waals surface area contributed by atoms with Crippen molar-refractivity contribution in [2.24, 2.45) is 7.05 Å². The van der Waals surface area contributed by atoms with E-state index in [0.717, 1.165) is 5.69 Å². The van der Waals surface area contributed by atoms with Gasteiger partial charge in [0.15, 0.2) is 17.3 Å². The Labute approximate surface area is 135 Å². The number of ether oxygens (including phenoxy) is 2. The van der Waals surface area contributed by atoms with Crippen molar-refractivity contribution < 1.29 is 19.4 Å². The lowest BCUT2D eigenvalue weighted by Gasteiger charge is -2.09. The molecule has 0 aliphatic rings. The molecule has 0 bridgehead atoms. The summed E-state index contributed by atoms with van der Waals surface area (Å²) in [5, 5.41) is 14.1. The van der Waals surface area contributed by atoms with Crippen molar-refractivity contribution in [1.82, 2.24) is 9.78 Å². The zero-order valence-corrected chi connectivity index (χ0v) is 13.9. The monoisotopic (exact) mass is 316 g/mol. The molecule has 2 aromatic rings. The van der Waals surface area contributed by atoms with Crippen molar-refractivity contribution in [1.29, 1.82) is 0 Å². The van der Waals surface area contributed by atoms with Crippen LogP contribution in [0.2, 0.25) is 0 Å². The van der Waals surface area contributed by atoms with Gasteiger partial charge in [0.05, 0.1) is 25.5 Å². The molecule has 1 N–H and O–H groups in total. The van der Waals surface area contributed by atoms with Crippen LogP contribution >= 0.6 is 0 Å². The van der Waals surface area contributed by atoms with Crippen molar-refractivity contribution in [3.63, 3.8) is 0 Å². The van der Waals surface area contributed by atoms with Crippen LogP contribution in [0.15, 0.2) is 18.2 Å². The van der Waals surface area contributed by atoms with Crippen LogP contribution in [0, 0.1) is 13.8 Å². The molecule has 0 fully saturated rings. The van der Waals surface area contributed by atoms with E-state index in [9.17, 15) is 9.90 Å². The molecule has 0 saturated heterocycles. The van der Waals surface area contributed by atoms with Gasteiger partial charge in [-0.25, -0.2) is 0 Å². The normalized spacial score (nSPS) is 11.0. The van der Waals surface area contributed by atoms with E-state index in [1.165, 1.54) is 20.3 Å². The van der Waals surface area contributed by atoms with Crippen molar-refractivity contribution in [3.8, 4) is 17.2 Å². The molecule has 0 atom stereocenters. The summed E-state index contributed by atoms with van der Waals surface area (Å²) in [6.07, 6.45) is 3.13. The molecular formula is C17H20N2O4. The number of allylic oxidation sites excluding steroid dienone is 1. The maximum Gasteiger partial charge on any atom is 0.200 e. The second kappa shape index (κ2) is 6.56. The molecule has 0 unspecified atom stereocenters. The highest BCUT2D eigenvalue weighted by Gasteiger charge is 2.15. The van der Waals surface area contributed by atoms with Gasteiger partial charge in [-0.3, -0.25) is 9.48 Å². The number of aromatic nitrogens is 2. The third-order valence-corrected chi connectivity index (χ3v) is 3.68. The third-order valence-electron chi connectivity index (χ3n) is 3.68. The van der Waals surface area contributed by atoms with Crippen LogP contribution in [0.4, 0.5) is 0 Å². The van der Waals surface area contributed by atoms with Crippen LogP contribution < -0.4 is 9.47 Å². The minimum absolute atomic E-state index is 0.0718. The first-order valence-electron chi connectivity index (χ1n) is 7.06. The Hall–Kier alpha value is -2.76. The lowest BCUT2D eigenvalue weighted by atomic mass is 10.1. The molecular weight excluding hydrogens is 296 g/mol. The fourth-order valence-corrected chi connectivity index (χ4v) is 2.40. The molecule has 1 heterocycles. The Balaban J connectivity index is 2.35. The average molecular weight is 316 g/mol. The molecule has 0 aliphatic carbocycles. The lowest BCUT2D eigenvalue weighted by Crippen LogP contribution is -1.99. The van der Waals surface area contributed by atoms with Gasteiger partial charge in [0, 0.05) is 12.7 Å². The number of benzene rings is 1. The summed E-state index contributed by atoms with van der Waals surface area (Å²) in [5.74, 6) is 0.368. The third kappa shape index (κ3) is 3.21. The van der Waals surface area contributed by atoms with Crippen LogP contribution in [0.25, 0.3) is 6.08 Å². The fraction of sp³-hybridized carbons (Fsp3) is 0.294. The van der Waals surface area contributed by atoms with Crippen LogP contribution in [0.5, 0.6) is 17.2 Å². The number of carbonyl (C=O) groups is 1. The van der Waals surface area contributed by atoms with Gasteiger partial charge >= 0.3 is 0 Å². The van der Waals surface area contributed by atoms with E-state index in [1.807, 2.05) is 6.92 Å². The van der Waals surface area contributed by atoms with E-state index in [4.69, 9.17) is 9.47 Å². The Bertz CT molecular complexity index is 750.